The zero-order chi connectivity index (χ0) is 11.6. The molecule has 86 valence electrons. The quantitative estimate of drug-likeness (QED) is 0.880. The summed E-state index contributed by atoms with van der Waals surface area (Å²) in [6, 6.07) is 8.29. The van der Waals surface area contributed by atoms with Crippen molar-refractivity contribution in [3.05, 3.63) is 29.3 Å². The van der Waals surface area contributed by atoms with Crippen molar-refractivity contribution in [2.75, 3.05) is 6.54 Å². The molecule has 0 bridgehead atoms. The molecule has 0 spiro atoms. The minimum Gasteiger partial charge on any atom is -0.310 e. The lowest BCUT2D eigenvalue weighted by Crippen LogP contribution is -2.26. The van der Waals surface area contributed by atoms with Crippen LogP contribution in [0.3, 0.4) is 0 Å². The number of fused-ring (bicyclic) bond motifs is 1. The number of nitrogens with zero attached hydrogens (tertiary/aromatic N) is 1. The molecule has 0 fully saturated rings. The van der Waals surface area contributed by atoms with Crippen molar-refractivity contribution in [2.45, 2.75) is 27.3 Å². The molecule has 3 heteroatoms. The van der Waals surface area contributed by atoms with Crippen molar-refractivity contribution < 1.29 is 0 Å². The van der Waals surface area contributed by atoms with Crippen LogP contribution in [-0.4, -0.2) is 11.5 Å². The maximum absolute atomic E-state index is 4.59. The van der Waals surface area contributed by atoms with Gasteiger partial charge in [0.25, 0.3) is 0 Å². The molecular formula is C13H18N2S. The summed E-state index contributed by atoms with van der Waals surface area (Å²) in [5, 5.41) is 4.62. The Bertz CT molecular complexity index is 435. The van der Waals surface area contributed by atoms with E-state index in [9.17, 15) is 0 Å². The van der Waals surface area contributed by atoms with Crippen LogP contribution >= 0.6 is 11.3 Å². The van der Waals surface area contributed by atoms with Crippen LogP contribution in [0.4, 0.5) is 0 Å². The monoisotopic (exact) mass is 234 g/mol. The van der Waals surface area contributed by atoms with Gasteiger partial charge in [0.15, 0.2) is 0 Å². The van der Waals surface area contributed by atoms with Gasteiger partial charge in [-0.15, -0.1) is 11.3 Å². The Labute approximate surface area is 101 Å². The molecule has 0 amide bonds. The van der Waals surface area contributed by atoms with Crippen LogP contribution in [0.15, 0.2) is 24.3 Å². The third kappa shape index (κ3) is 3.03. The third-order valence-electron chi connectivity index (χ3n) is 2.27. The highest BCUT2D eigenvalue weighted by Gasteiger charge is 2.09. The van der Waals surface area contributed by atoms with E-state index in [0.717, 1.165) is 18.6 Å². The van der Waals surface area contributed by atoms with Crippen LogP contribution < -0.4 is 5.32 Å². The lowest BCUT2D eigenvalue weighted by atomic mass is 9.97. The first-order chi connectivity index (χ1) is 7.54. The van der Waals surface area contributed by atoms with Crippen LogP contribution in [0.25, 0.3) is 10.2 Å². The van der Waals surface area contributed by atoms with E-state index >= 15 is 0 Å². The number of aromatic nitrogens is 1. The largest absolute Gasteiger partial charge is 0.310 e. The summed E-state index contributed by atoms with van der Waals surface area (Å²) in [6.45, 7) is 8.59. The molecule has 1 N–H and O–H groups in total. The van der Waals surface area contributed by atoms with Crippen molar-refractivity contribution >= 4 is 21.6 Å². The van der Waals surface area contributed by atoms with E-state index in [1.807, 2.05) is 6.07 Å². The summed E-state index contributed by atoms with van der Waals surface area (Å²) in [7, 11) is 0. The van der Waals surface area contributed by atoms with Gasteiger partial charge in [0, 0.05) is 13.1 Å². The third-order valence-corrected chi connectivity index (χ3v) is 3.31. The fourth-order valence-corrected chi connectivity index (χ4v) is 2.48. The molecule has 2 nitrogen and oxygen atoms in total. The van der Waals surface area contributed by atoms with Crippen LogP contribution in [0, 0.1) is 5.41 Å². The average molecular weight is 234 g/mol. The Morgan fingerprint density at radius 3 is 2.69 bits per heavy atom. The predicted octanol–water partition coefficient (Wildman–Crippen LogP) is 3.43. The zero-order valence-electron chi connectivity index (χ0n) is 10.1. The normalized spacial score (nSPS) is 12.2. The molecule has 2 aromatic rings. The van der Waals surface area contributed by atoms with E-state index in [1.165, 1.54) is 9.71 Å². The molecule has 0 aliphatic heterocycles. The zero-order valence-corrected chi connectivity index (χ0v) is 10.9. The van der Waals surface area contributed by atoms with Gasteiger partial charge in [-0.2, -0.15) is 0 Å². The summed E-state index contributed by atoms with van der Waals surface area (Å²) in [5.74, 6) is 0. The minimum atomic E-state index is 0.330. The molecule has 1 aromatic heterocycles. The van der Waals surface area contributed by atoms with Crippen molar-refractivity contribution in [1.29, 1.82) is 0 Å². The van der Waals surface area contributed by atoms with Gasteiger partial charge in [0.05, 0.1) is 10.2 Å². The standard InChI is InChI=1S/C13H18N2S/c1-13(2,3)9-14-8-12-15-10-6-4-5-7-11(10)16-12/h4-7,14H,8-9H2,1-3H3. The van der Waals surface area contributed by atoms with E-state index < -0.39 is 0 Å². The van der Waals surface area contributed by atoms with Crippen LogP contribution in [0.2, 0.25) is 0 Å². The molecular weight excluding hydrogens is 216 g/mol. The van der Waals surface area contributed by atoms with Gasteiger partial charge in [0.2, 0.25) is 0 Å². The van der Waals surface area contributed by atoms with E-state index in [2.05, 4.69) is 49.3 Å². The van der Waals surface area contributed by atoms with Crippen molar-refractivity contribution in [2.24, 2.45) is 5.41 Å². The highest BCUT2D eigenvalue weighted by atomic mass is 32.1. The molecule has 16 heavy (non-hydrogen) atoms. The van der Waals surface area contributed by atoms with Gasteiger partial charge in [-0.25, -0.2) is 4.98 Å². The lowest BCUT2D eigenvalue weighted by Gasteiger charge is -2.17. The Kier molecular flexibility index (Phi) is 3.26. The summed E-state index contributed by atoms with van der Waals surface area (Å²) in [5.41, 5.74) is 1.44. The summed E-state index contributed by atoms with van der Waals surface area (Å²) >= 11 is 1.77. The first-order valence-electron chi connectivity index (χ1n) is 5.60. The number of benzene rings is 1. The van der Waals surface area contributed by atoms with Crippen molar-refractivity contribution in [3.8, 4) is 0 Å². The van der Waals surface area contributed by atoms with Gasteiger partial charge >= 0.3 is 0 Å². The van der Waals surface area contributed by atoms with Gasteiger partial charge in [-0.3, -0.25) is 0 Å². The fourth-order valence-electron chi connectivity index (χ4n) is 1.54. The Morgan fingerprint density at radius 1 is 1.25 bits per heavy atom. The maximum atomic E-state index is 4.59. The van der Waals surface area contributed by atoms with Crippen LogP contribution in [0.1, 0.15) is 25.8 Å². The number of rotatable bonds is 3. The average Bonchev–Trinajstić information content (AvgIpc) is 2.57. The smallest absolute Gasteiger partial charge is 0.108 e. The number of hydrogen-bond acceptors (Lipinski definition) is 3. The second-order valence-corrected chi connectivity index (χ2v) is 6.35. The molecule has 0 aliphatic carbocycles. The number of hydrogen-bond donors (Lipinski definition) is 1. The Balaban J connectivity index is 2.00. The SMILES string of the molecule is CC(C)(C)CNCc1nc2ccccc2s1. The molecule has 2 rings (SSSR count). The maximum Gasteiger partial charge on any atom is 0.108 e. The first-order valence-corrected chi connectivity index (χ1v) is 6.41. The first kappa shape index (κ1) is 11.6. The molecule has 1 aromatic carbocycles. The van der Waals surface area contributed by atoms with E-state index in [-0.39, 0.29) is 0 Å². The van der Waals surface area contributed by atoms with Gasteiger partial charge in [0.1, 0.15) is 5.01 Å². The number of para-hydroxylation sites is 1. The second-order valence-electron chi connectivity index (χ2n) is 5.24. The van der Waals surface area contributed by atoms with Gasteiger partial charge in [-0.1, -0.05) is 32.9 Å². The van der Waals surface area contributed by atoms with Gasteiger partial charge < -0.3 is 5.32 Å². The minimum absolute atomic E-state index is 0.330. The number of thiazole rings is 1. The highest BCUT2D eigenvalue weighted by Crippen LogP contribution is 2.21. The van der Waals surface area contributed by atoms with Crippen LogP contribution in [0.5, 0.6) is 0 Å². The molecule has 0 saturated carbocycles. The van der Waals surface area contributed by atoms with Crippen molar-refractivity contribution in [1.82, 2.24) is 10.3 Å². The second kappa shape index (κ2) is 4.52. The molecule has 0 radical (unpaired) electrons. The molecule has 0 aliphatic rings. The molecule has 0 atom stereocenters. The molecule has 0 unspecified atom stereocenters. The fraction of sp³-hybridized carbons (Fsp3) is 0.462. The molecule has 1 heterocycles. The van der Waals surface area contributed by atoms with E-state index in [0.29, 0.717) is 5.41 Å². The van der Waals surface area contributed by atoms with Gasteiger partial charge in [-0.05, 0) is 17.5 Å². The Hall–Kier alpha value is -0.930. The predicted molar refractivity (Wildman–Crippen MR) is 70.8 cm³/mol. The van der Waals surface area contributed by atoms with Crippen LogP contribution in [-0.2, 0) is 6.54 Å². The van der Waals surface area contributed by atoms with E-state index in [4.69, 9.17) is 0 Å². The number of nitrogens with one attached hydrogen (secondary N) is 1. The summed E-state index contributed by atoms with van der Waals surface area (Å²) in [4.78, 5) is 4.59. The molecule has 0 saturated heterocycles. The lowest BCUT2D eigenvalue weighted by molar-refractivity contribution is 0.379. The summed E-state index contributed by atoms with van der Waals surface area (Å²) in [6.07, 6.45) is 0. The topological polar surface area (TPSA) is 24.9 Å². The highest BCUT2D eigenvalue weighted by molar-refractivity contribution is 7.18. The summed E-state index contributed by atoms with van der Waals surface area (Å²) < 4.78 is 1.27. The Morgan fingerprint density at radius 2 is 2.00 bits per heavy atom. The van der Waals surface area contributed by atoms with E-state index in [1.54, 1.807) is 11.3 Å². The van der Waals surface area contributed by atoms with Crippen molar-refractivity contribution in [3.63, 3.8) is 0 Å².